The molecular weight excluding hydrogens is 501 g/mol. The molecule has 0 aromatic heterocycles. The Morgan fingerprint density at radius 3 is 2.61 bits per heavy atom. The van der Waals surface area contributed by atoms with Gasteiger partial charge in [-0.3, -0.25) is 4.79 Å². The van der Waals surface area contributed by atoms with Gasteiger partial charge in [0.1, 0.15) is 0 Å². The smallest absolute Gasteiger partial charge is 0.222 e. The second kappa shape index (κ2) is 13.9. The number of hydrogen-bond acceptors (Lipinski definition) is 3. The van der Waals surface area contributed by atoms with E-state index in [1.807, 2.05) is 4.90 Å². The third kappa shape index (κ3) is 8.60. The summed E-state index contributed by atoms with van der Waals surface area (Å²) in [6.07, 6.45) is 6.59. The fourth-order valence-electron chi connectivity index (χ4n) is 4.28. The molecule has 2 aliphatic rings. The molecule has 0 saturated carbocycles. The molecule has 0 aliphatic carbocycles. The number of carbonyl (C=O) groups is 1. The Morgan fingerprint density at radius 1 is 1.16 bits per heavy atom. The number of likely N-dealkylation sites (tertiary alicyclic amines) is 2. The summed E-state index contributed by atoms with van der Waals surface area (Å²) in [4.78, 5) is 21.3. The van der Waals surface area contributed by atoms with Crippen molar-refractivity contribution in [1.29, 1.82) is 0 Å². The van der Waals surface area contributed by atoms with E-state index in [4.69, 9.17) is 4.99 Å². The molecule has 2 N–H and O–H groups in total. The molecule has 0 spiro atoms. The lowest BCUT2D eigenvalue weighted by atomic mass is 10.0. The van der Waals surface area contributed by atoms with E-state index in [-0.39, 0.29) is 29.9 Å². The molecule has 2 heterocycles. The number of guanidine groups is 1. The van der Waals surface area contributed by atoms with Gasteiger partial charge in [-0.05, 0) is 50.3 Å². The Labute approximate surface area is 205 Å². The van der Waals surface area contributed by atoms with Crippen molar-refractivity contribution in [3.05, 3.63) is 35.4 Å². The van der Waals surface area contributed by atoms with Crippen LogP contribution in [0.25, 0.3) is 0 Å². The van der Waals surface area contributed by atoms with Crippen molar-refractivity contribution >= 4 is 35.8 Å². The SMILES string of the molecule is CCCCN1CCC(NC(=NCc2cccc(CN3CCCC3=O)c2)NCC)CC1.I. The van der Waals surface area contributed by atoms with Gasteiger partial charge in [0.25, 0.3) is 0 Å². The van der Waals surface area contributed by atoms with E-state index < -0.39 is 0 Å². The van der Waals surface area contributed by atoms with E-state index in [9.17, 15) is 4.79 Å². The highest BCUT2D eigenvalue weighted by atomic mass is 127. The molecule has 2 fully saturated rings. The summed E-state index contributed by atoms with van der Waals surface area (Å²) in [7, 11) is 0. The number of halogens is 1. The third-order valence-corrected chi connectivity index (χ3v) is 6.06. The molecule has 3 rings (SSSR count). The molecule has 1 amide bonds. The monoisotopic (exact) mass is 541 g/mol. The van der Waals surface area contributed by atoms with E-state index in [0.717, 1.165) is 25.5 Å². The van der Waals surface area contributed by atoms with Gasteiger partial charge in [-0.2, -0.15) is 0 Å². The Hall–Kier alpha value is -1.35. The summed E-state index contributed by atoms with van der Waals surface area (Å²) < 4.78 is 0. The molecule has 6 nitrogen and oxygen atoms in total. The van der Waals surface area contributed by atoms with Crippen molar-refractivity contribution < 1.29 is 4.79 Å². The van der Waals surface area contributed by atoms with Crippen LogP contribution >= 0.6 is 24.0 Å². The first-order valence-corrected chi connectivity index (χ1v) is 11.8. The summed E-state index contributed by atoms with van der Waals surface area (Å²) in [6.45, 7) is 11.1. The van der Waals surface area contributed by atoms with Gasteiger partial charge >= 0.3 is 0 Å². The molecule has 0 unspecified atom stereocenters. The molecule has 31 heavy (non-hydrogen) atoms. The van der Waals surface area contributed by atoms with Crippen LogP contribution in [0.4, 0.5) is 0 Å². The number of nitrogens with one attached hydrogen (secondary N) is 2. The number of nitrogens with zero attached hydrogens (tertiary/aromatic N) is 3. The second-order valence-electron chi connectivity index (χ2n) is 8.55. The number of rotatable bonds is 9. The number of amides is 1. The Morgan fingerprint density at radius 2 is 1.94 bits per heavy atom. The number of piperidine rings is 1. The number of hydrogen-bond donors (Lipinski definition) is 2. The Kier molecular flexibility index (Phi) is 11.6. The quantitative estimate of drug-likeness (QED) is 0.284. The first kappa shape index (κ1) is 25.9. The van der Waals surface area contributed by atoms with Crippen LogP contribution in [-0.4, -0.2) is 60.4 Å². The van der Waals surface area contributed by atoms with Gasteiger partial charge in [-0.1, -0.05) is 37.6 Å². The summed E-state index contributed by atoms with van der Waals surface area (Å²) in [5, 5.41) is 7.04. The lowest BCUT2D eigenvalue weighted by Crippen LogP contribution is -2.48. The van der Waals surface area contributed by atoms with E-state index in [1.54, 1.807) is 0 Å². The van der Waals surface area contributed by atoms with Crippen LogP contribution in [0.2, 0.25) is 0 Å². The molecule has 1 aromatic carbocycles. The summed E-state index contributed by atoms with van der Waals surface area (Å²) >= 11 is 0. The molecule has 0 atom stereocenters. The maximum absolute atomic E-state index is 11.9. The number of benzene rings is 1. The molecule has 2 saturated heterocycles. The zero-order valence-corrected chi connectivity index (χ0v) is 21.6. The van der Waals surface area contributed by atoms with Gasteiger partial charge in [0.15, 0.2) is 5.96 Å². The Balaban J connectivity index is 0.00000341. The zero-order valence-electron chi connectivity index (χ0n) is 19.2. The molecule has 174 valence electrons. The van der Waals surface area contributed by atoms with Crippen molar-refractivity contribution in [2.45, 2.75) is 71.5 Å². The van der Waals surface area contributed by atoms with Gasteiger partial charge in [0.05, 0.1) is 6.54 Å². The average Bonchev–Trinajstić information content (AvgIpc) is 3.16. The van der Waals surface area contributed by atoms with E-state index in [1.165, 1.54) is 56.4 Å². The average molecular weight is 542 g/mol. The maximum atomic E-state index is 11.9. The fourth-order valence-corrected chi connectivity index (χ4v) is 4.28. The molecular formula is C24H40IN5O. The predicted octanol–water partition coefficient (Wildman–Crippen LogP) is 3.75. The van der Waals surface area contributed by atoms with Gasteiger partial charge < -0.3 is 20.4 Å². The van der Waals surface area contributed by atoms with Crippen LogP contribution in [0.3, 0.4) is 0 Å². The van der Waals surface area contributed by atoms with Crippen molar-refractivity contribution in [1.82, 2.24) is 20.4 Å². The highest BCUT2D eigenvalue weighted by Gasteiger charge is 2.20. The van der Waals surface area contributed by atoms with Crippen LogP contribution < -0.4 is 10.6 Å². The fraction of sp³-hybridized carbons (Fsp3) is 0.667. The summed E-state index contributed by atoms with van der Waals surface area (Å²) in [6, 6.07) is 8.98. The van der Waals surface area contributed by atoms with Gasteiger partial charge in [0, 0.05) is 45.2 Å². The molecule has 0 radical (unpaired) electrons. The van der Waals surface area contributed by atoms with Crippen LogP contribution in [0.1, 0.15) is 63.5 Å². The number of unbranched alkanes of at least 4 members (excludes halogenated alkanes) is 1. The minimum atomic E-state index is 0. The molecule has 7 heteroatoms. The van der Waals surface area contributed by atoms with Crippen LogP contribution in [0.5, 0.6) is 0 Å². The van der Waals surface area contributed by atoms with Crippen molar-refractivity contribution in [3.8, 4) is 0 Å². The van der Waals surface area contributed by atoms with E-state index in [2.05, 4.69) is 53.6 Å². The van der Waals surface area contributed by atoms with Gasteiger partial charge in [0.2, 0.25) is 5.91 Å². The largest absolute Gasteiger partial charge is 0.357 e. The van der Waals surface area contributed by atoms with Crippen LogP contribution in [0, 0.1) is 0 Å². The maximum Gasteiger partial charge on any atom is 0.222 e. The molecule has 1 aromatic rings. The first-order chi connectivity index (χ1) is 14.7. The zero-order chi connectivity index (χ0) is 21.2. The van der Waals surface area contributed by atoms with Crippen molar-refractivity contribution in [3.63, 3.8) is 0 Å². The molecule has 2 aliphatic heterocycles. The standard InChI is InChI=1S/C24H39N5O.HI/c1-3-5-13-28-15-11-22(12-16-28)27-24(25-4-2)26-18-20-8-6-9-21(17-20)19-29-14-7-10-23(29)30;/h6,8-9,17,22H,3-5,7,10-16,18-19H2,1-2H3,(H2,25,26,27);1H. The van der Waals surface area contributed by atoms with Crippen molar-refractivity contribution in [2.24, 2.45) is 4.99 Å². The predicted molar refractivity (Wildman–Crippen MR) is 139 cm³/mol. The van der Waals surface area contributed by atoms with Crippen LogP contribution in [-0.2, 0) is 17.9 Å². The first-order valence-electron chi connectivity index (χ1n) is 11.8. The van der Waals surface area contributed by atoms with Crippen LogP contribution in [0.15, 0.2) is 29.3 Å². The van der Waals surface area contributed by atoms with E-state index >= 15 is 0 Å². The normalized spacial score (nSPS) is 18.2. The summed E-state index contributed by atoms with van der Waals surface area (Å²) in [5.41, 5.74) is 2.38. The summed E-state index contributed by atoms with van der Waals surface area (Å²) in [5.74, 6) is 1.18. The lowest BCUT2D eigenvalue weighted by Gasteiger charge is -2.33. The minimum absolute atomic E-state index is 0. The minimum Gasteiger partial charge on any atom is -0.357 e. The van der Waals surface area contributed by atoms with Gasteiger partial charge in [-0.15, -0.1) is 24.0 Å². The van der Waals surface area contributed by atoms with Gasteiger partial charge in [-0.25, -0.2) is 4.99 Å². The number of carbonyl (C=O) groups excluding carboxylic acids is 1. The number of aliphatic imine (C=N–C) groups is 1. The highest BCUT2D eigenvalue weighted by molar-refractivity contribution is 14.0. The molecule has 0 bridgehead atoms. The van der Waals surface area contributed by atoms with Crippen molar-refractivity contribution in [2.75, 3.05) is 32.7 Å². The second-order valence-corrected chi connectivity index (χ2v) is 8.55. The Bertz CT molecular complexity index is 703. The lowest BCUT2D eigenvalue weighted by molar-refractivity contribution is -0.128. The highest BCUT2D eigenvalue weighted by Crippen LogP contribution is 2.16. The van der Waals surface area contributed by atoms with E-state index in [0.29, 0.717) is 25.6 Å². The third-order valence-electron chi connectivity index (χ3n) is 6.06. The topological polar surface area (TPSA) is 60.0 Å².